The van der Waals surface area contributed by atoms with E-state index in [1.807, 2.05) is 29.7 Å². The van der Waals surface area contributed by atoms with Crippen LogP contribution >= 0.6 is 0 Å². The molecule has 0 bridgehead atoms. The second-order valence-corrected chi connectivity index (χ2v) is 7.14. The highest BCUT2D eigenvalue weighted by Gasteiger charge is 2.30. The molecule has 8 heteroatoms. The lowest BCUT2D eigenvalue weighted by Gasteiger charge is -2.22. The zero-order chi connectivity index (χ0) is 20.5. The minimum atomic E-state index is -0.433. The van der Waals surface area contributed by atoms with Crippen LogP contribution in [0.5, 0.6) is 11.5 Å². The molecule has 3 N–H and O–H groups in total. The minimum Gasteiger partial charge on any atom is -0.497 e. The van der Waals surface area contributed by atoms with Crippen LogP contribution in [0.1, 0.15) is 35.7 Å². The molecule has 0 spiro atoms. The van der Waals surface area contributed by atoms with Gasteiger partial charge in [0.2, 0.25) is 0 Å². The molecule has 3 aromatic rings. The smallest absolute Gasteiger partial charge is 0.151 e. The van der Waals surface area contributed by atoms with Crippen molar-refractivity contribution in [2.24, 2.45) is 5.73 Å². The largest absolute Gasteiger partial charge is 0.497 e. The Bertz CT molecular complexity index is 1030. The second kappa shape index (κ2) is 7.81. The fourth-order valence-corrected chi connectivity index (χ4v) is 3.79. The molecule has 2 atom stereocenters. The summed E-state index contributed by atoms with van der Waals surface area (Å²) in [4.78, 5) is 0. The number of hydrogen-bond donors (Lipinski definition) is 2. The van der Waals surface area contributed by atoms with Gasteiger partial charge >= 0.3 is 0 Å². The normalized spacial score (nSPS) is 16.5. The number of benzene rings is 2. The van der Waals surface area contributed by atoms with Gasteiger partial charge in [0.25, 0.3) is 0 Å². The van der Waals surface area contributed by atoms with E-state index < -0.39 is 6.04 Å². The number of methoxy groups -OCH3 is 2. The molecule has 7 nitrogen and oxygen atoms in total. The van der Waals surface area contributed by atoms with E-state index in [-0.39, 0.29) is 11.9 Å². The number of halogens is 1. The van der Waals surface area contributed by atoms with Gasteiger partial charge in [-0.2, -0.15) is 0 Å². The Hall–Kier alpha value is -2.97. The number of rotatable bonds is 5. The van der Waals surface area contributed by atoms with E-state index in [4.69, 9.17) is 15.2 Å². The highest BCUT2D eigenvalue weighted by atomic mass is 19.1. The van der Waals surface area contributed by atoms with E-state index in [0.717, 1.165) is 5.56 Å². The Labute approximate surface area is 168 Å². The van der Waals surface area contributed by atoms with Gasteiger partial charge in [0.15, 0.2) is 5.82 Å². The standard InChI is InChI=1S/C21H24FN5O2/c1-12(23)9-18-25-26-19-11-24-21(14-8-7-13(28-2)10-17(14)29-3)20-15(22)5-4-6-16(20)27(18)19/h4-8,10,12,21,24H,9,11,23H2,1-3H3. The van der Waals surface area contributed by atoms with Gasteiger partial charge in [-0.3, -0.25) is 9.88 Å². The van der Waals surface area contributed by atoms with Crippen molar-refractivity contribution in [2.45, 2.75) is 32.0 Å². The van der Waals surface area contributed by atoms with Crippen LogP contribution in [0.15, 0.2) is 36.4 Å². The first-order chi connectivity index (χ1) is 14.0. The Morgan fingerprint density at radius 3 is 2.79 bits per heavy atom. The molecule has 4 rings (SSSR count). The summed E-state index contributed by atoms with van der Waals surface area (Å²) in [6.07, 6.45) is 0.541. The average Bonchev–Trinajstić information content (AvgIpc) is 3.01. The highest BCUT2D eigenvalue weighted by molar-refractivity contribution is 5.53. The van der Waals surface area contributed by atoms with E-state index in [1.54, 1.807) is 26.4 Å². The molecule has 0 radical (unpaired) electrons. The van der Waals surface area contributed by atoms with Gasteiger partial charge in [-0.05, 0) is 31.2 Å². The number of nitrogens with one attached hydrogen (secondary N) is 1. The third-order valence-corrected chi connectivity index (χ3v) is 5.08. The van der Waals surface area contributed by atoms with Gasteiger partial charge in [-0.1, -0.05) is 6.07 Å². The molecule has 2 heterocycles. The third kappa shape index (κ3) is 3.45. The Morgan fingerprint density at radius 1 is 1.24 bits per heavy atom. The van der Waals surface area contributed by atoms with Crippen molar-refractivity contribution in [2.75, 3.05) is 14.2 Å². The molecule has 2 unspecified atom stereocenters. The molecule has 29 heavy (non-hydrogen) atoms. The molecule has 0 aliphatic carbocycles. The SMILES string of the molecule is COc1ccc(C2NCc3nnc(CC(C)N)n3-c3cccc(F)c32)c(OC)c1. The van der Waals surface area contributed by atoms with Crippen LogP contribution < -0.4 is 20.5 Å². The maximum atomic E-state index is 15.2. The molecule has 1 aliphatic heterocycles. The molecular formula is C21H24FN5O2. The monoisotopic (exact) mass is 397 g/mol. The molecule has 1 aliphatic rings. The number of fused-ring (bicyclic) bond motifs is 3. The molecule has 0 saturated carbocycles. The summed E-state index contributed by atoms with van der Waals surface area (Å²) >= 11 is 0. The van der Waals surface area contributed by atoms with Gasteiger partial charge in [0, 0.05) is 29.7 Å². The van der Waals surface area contributed by atoms with Crippen molar-refractivity contribution < 1.29 is 13.9 Å². The van der Waals surface area contributed by atoms with Crippen LogP contribution in [0.25, 0.3) is 5.69 Å². The summed E-state index contributed by atoms with van der Waals surface area (Å²) in [5, 5.41) is 12.0. The number of aromatic nitrogens is 3. The predicted molar refractivity (Wildman–Crippen MR) is 107 cm³/mol. The molecule has 0 amide bonds. The topological polar surface area (TPSA) is 87.2 Å². The van der Waals surface area contributed by atoms with Crippen LogP contribution in [-0.2, 0) is 13.0 Å². The molecular weight excluding hydrogens is 373 g/mol. The van der Waals surface area contributed by atoms with Crippen LogP contribution in [0.3, 0.4) is 0 Å². The van der Waals surface area contributed by atoms with Crippen LogP contribution in [0.4, 0.5) is 4.39 Å². The lowest BCUT2D eigenvalue weighted by molar-refractivity contribution is 0.386. The summed E-state index contributed by atoms with van der Waals surface area (Å²) < 4.78 is 28.0. The van der Waals surface area contributed by atoms with Crippen LogP contribution in [-0.4, -0.2) is 35.0 Å². The summed E-state index contributed by atoms with van der Waals surface area (Å²) in [5.41, 5.74) is 8.02. The fourth-order valence-electron chi connectivity index (χ4n) is 3.79. The van der Waals surface area contributed by atoms with Crippen molar-refractivity contribution in [3.05, 3.63) is 65.0 Å². The van der Waals surface area contributed by atoms with Crippen LogP contribution in [0.2, 0.25) is 0 Å². The zero-order valence-corrected chi connectivity index (χ0v) is 16.6. The van der Waals surface area contributed by atoms with E-state index in [0.29, 0.717) is 47.4 Å². The second-order valence-electron chi connectivity index (χ2n) is 7.14. The maximum Gasteiger partial charge on any atom is 0.151 e. The van der Waals surface area contributed by atoms with Gasteiger partial charge in [-0.25, -0.2) is 4.39 Å². The quantitative estimate of drug-likeness (QED) is 0.688. The van der Waals surface area contributed by atoms with E-state index >= 15 is 4.39 Å². The van der Waals surface area contributed by atoms with E-state index in [9.17, 15) is 0 Å². The molecule has 2 aromatic carbocycles. The first-order valence-electron chi connectivity index (χ1n) is 9.46. The van der Waals surface area contributed by atoms with Gasteiger partial charge in [0.1, 0.15) is 23.1 Å². The Balaban J connectivity index is 1.90. The molecule has 1 aromatic heterocycles. The van der Waals surface area contributed by atoms with E-state index in [1.165, 1.54) is 6.07 Å². The van der Waals surface area contributed by atoms with Crippen molar-refractivity contribution in [3.63, 3.8) is 0 Å². The predicted octanol–water partition coefficient (Wildman–Crippen LogP) is 2.51. The average molecular weight is 397 g/mol. The van der Waals surface area contributed by atoms with Gasteiger partial charge < -0.3 is 15.2 Å². The molecule has 152 valence electrons. The van der Waals surface area contributed by atoms with Crippen molar-refractivity contribution in [1.82, 2.24) is 20.1 Å². The highest BCUT2D eigenvalue weighted by Crippen LogP contribution is 2.38. The minimum absolute atomic E-state index is 0.0889. The maximum absolute atomic E-state index is 15.2. The number of nitrogens with two attached hydrogens (primary N) is 1. The van der Waals surface area contributed by atoms with Crippen molar-refractivity contribution >= 4 is 0 Å². The van der Waals surface area contributed by atoms with Crippen molar-refractivity contribution in [3.8, 4) is 17.2 Å². The molecule has 0 fully saturated rings. The zero-order valence-electron chi connectivity index (χ0n) is 16.6. The van der Waals surface area contributed by atoms with E-state index in [2.05, 4.69) is 15.5 Å². The van der Waals surface area contributed by atoms with Crippen LogP contribution in [0, 0.1) is 5.82 Å². The summed E-state index contributed by atoms with van der Waals surface area (Å²) in [7, 11) is 3.19. The lowest BCUT2D eigenvalue weighted by atomic mass is 9.95. The third-order valence-electron chi connectivity index (χ3n) is 5.08. The Kier molecular flexibility index (Phi) is 5.21. The summed E-state index contributed by atoms with van der Waals surface area (Å²) in [6, 6.07) is 10.0. The molecule has 0 saturated heterocycles. The number of hydrogen-bond acceptors (Lipinski definition) is 6. The van der Waals surface area contributed by atoms with Crippen molar-refractivity contribution in [1.29, 1.82) is 0 Å². The number of nitrogens with zero attached hydrogens (tertiary/aromatic N) is 3. The van der Waals surface area contributed by atoms with Gasteiger partial charge in [0.05, 0.1) is 32.5 Å². The fraction of sp³-hybridized carbons (Fsp3) is 0.333. The van der Waals surface area contributed by atoms with Gasteiger partial charge in [-0.15, -0.1) is 10.2 Å². The summed E-state index contributed by atoms with van der Waals surface area (Å²) in [6.45, 7) is 2.33. The number of ether oxygens (including phenoxy) is 2. The summed E-state index contributed by atoms with van der Waals surface area (Å²) in [5.74, 6) is 2.40. The first kappa shape index (κ1) is 19.4. The Morgan fingerprint density at radius 2 is 2.07 bits per heavy atom. The first-order valence-corrected chi connectivity index (χ1v) is 9.46. The lowest BCUT2D eigenvalue weighted by Crippen LogP contribution is -2.22.